The molecule has 2 nitrogen and oxygen atoms in total. The highest BCUT2D eigenvalue weighted by Crippen LogP contribution is 2.42. The molecule has 0 spiro atoms. The summed E-state index contributed by atoms with van der Waals surface area (Å²) in [6.07, 6.45) is 1.69. The number of rotatable bonds is 2. The predicted octanol–water partition coefficient (Wildman–Crippen LogP) is 7.81. The Hall–Kier alpha value is -4.00. The lowest BCUT2D eigenvalue weighted by molar-refractivity contribution is 1.26. The standard InChI is InChI=1S/C28H16N2S/c29-17-21-15-19(12-13-30-21)18-6-5-7-20(14-18)25-16-27-28(23-9-2-1-8-22(23)25)24-10-3-4-11-26(24)31-27/h1-16H. The van der Waals surface area contributed by atoms with E-state index in [0.717, 1.165) is 11.1 Å². The highest BCUT2D eigenvalue weighted by Gasteiger charge is 2.13. The Morgan fingerprint density at radius 1 is 0.645 bits per heavy atom. The number of nitrogens with zero attached hydrogens (tertiary/aromatic N) is 2. The number of pyridine rings is 1. The van der Waals surface area contributed by atoms with Crippen LogP contribution in [-0.4, -0.2) is 4.98 Å². The lowest BCUT2D eigenvalue weighted by Gasteiger charge is -2.11. The fourth-order valence-electron chi connectivity index (χ4n) is 4.37. The molecule has 6 rings (SSSR count). The van der Waals surface area contributed by atoms with Crippen LogP contribution in [0.5, 0.6) is 0 Å². The van der Waals surface area contributed by atoms with Crippen molar-refractivity contribution >= 4 is 42.3 Å². The Bertz CT molecular complexity index is 1650. The molecular weight excluding hydrogens is 396 g/mol. The molecule has 2 heterocycles. The van der Waals surface area contributed by atoms with Crippen molar-refractivity contribution in [3.05, 3.63) is 103 Å². The van der Waals surface area contributed by atoms with Crippen LogP contribution in [0.15, 0.2) is 97.2 Å². The molecule has 0 aliphatic rings. The first-order chi connectivity index (χ1) is 15.3. The van der Waals surface area contributed by atoms with Gasteiger partial charge in [-0.15, -0.1) is 11.3 Å². The molecule has 0 radical (unpaired) electrons. The molecule has 6 aromatic rings. The summed E-state index contributed by atoms with van der Waals surface area (Å²) in [7, 11) is 0. The Labute approximate surface area is 183 Å². The van der Waals surface area contributed by atoms with Gasteiger partial charge in [0.25, 0.3) is 0 Å². The van der Waals surface area contributed by atoms with E-state index in [1.165, 1.54) is 42.1 Å². The van der Waals surface area contributed by atoms with Crippen LogP contribution in [0.25, 0.3) is 53.2 Å². The SMILES string of the molecule is N#Cc1cc(-c2cccc(-c3cc4sc5ccccc5c4c4ccccc34)c2)ccn1. The first-order valence-electron chi connectivity index (χ1n) is 10.1. The molecule has 0 unspecified atom stereocenters. The third kappa shape index (κ3) is 2.89. The number of thiophene rings is 1. The van der Waals surface area contributed by atoms with Crippen LogP contribution in [0.1, 0.15) is 5.69 Å². The maximum Gasteiger partial charge on any atom is 0.141 e. The van der Waals surface area contributed by atoms with Gasteiger partial charge in [0.05, 0.1) is 0 Å². The van der Waals surface area contributed by atoms with Crippen molar-refractivity contribution in [1.82, 2.24) is 4.98 Å². The third-order valence-corrected chi connectivity index (χ3v) is 6.88. The van der Waals surface area contributed by atoms with E-state index in [1.807, 2.05) is 23.5 Å². The number of hydrogen-bond donors (Lipinski definition) is 0. The minimum absolute atomic E-state index is 0.431. The van der Waals surface area contributed by atoms with Gasteiger partial charge in [0.1, 0.15) is 11.8 Å². The minimum atomic E-state index is 0.431. The van der Waals surface area contributed by atoms with E-state index >= 15 is 0 Å². The highest BCUT2D eigenvalue weighted by molar-refractivity contribution is 7.26. The second-order valence-electron chi connectivity index (χ2n) is 7.56. The molecular formula is C28H16N2S. The van der Waals surface area contributed by atoms with E-state index in [-0.39, 0.29) is 0 Å². The first-order valence-corrected chi connectivity index (χ1v) is 10.9. The van der Waals surface area contributed by atoms with Gasteiger partial charge in [-0.1, -0.05) is 60.7 Å². The molecule has 0 aliphatic heterocycles. The van der Waals surface area contributed by atoms with E-state index in [2.05, 4.69) is 89.9 Å². The molecule has 144 valence electrons. The minimum Gasteiger partial charge on any atom is -0.246 e. The van der Waals surface area contributed by atoms with Crippen molar-refractivity contribution in [1.29, 1.82) is 5.26 Å². The zero-order valence-electron chi connectivity index (χ0n) is 16.5. The molecule has 0 aliphatic carbocycles. The van der Waals surface area contributed by atoms with Crippen molar-refractivity contribution in [2.24, 2.45) is 0 Å². The summed E-state index contributed by atoms with van der Waals surface area (Å²) in [6, 6.07) is 34.1. The Balaban J connectivity index is 1.63. The van der Waals surface area contributed by atoms with Gasteiger partial charge in [0, 0.05) is 26.4 Å². The number of nitriles is 1. The Kier molecular flexibility index (Phi) is 4.06. The summed E-state index contributed by atoms with van der Waals surface area (Å²) >= 11 is 1.85. The smallest absolute Gasteiger partial charge is 0.141 e. The first kappa shape index (κ1) is 17.8. The van der Waals surface area contributed by atoms with Gasteiger partial charge in [0.2, 0.25) is 0 Å². The second-order valence-corrected chi connectivity index (χ2v) is 8.65. The van der Waals surface area contributed by atoms with Gasteiger partial charge in [-0.3, -0.25) is 0 Å². The van der Waals surface area contributed by atoms with Crippen molar-refractivity contribution in [3.63, 3.8) is 0 Å². The van der Waals surface area contributed by atoms with Crippen LogP contribution >= 0.6 is 11.3 Å². The summed E-state index contributed by atoms with van der Waals surface area (Å²) in [5.41, 5.74) is 4.91. The molecule has 3 heteroatoms. The lowest BCUT2D eigenvalue weighted by Crippen LogP contribution is -1.86. The monoisotopic (exact) mass is 412 g/mol. The average molecular weight is 413 g/mol. The van der Waals surface area contributed by atoms with Crippen molar-refractivity contribution < 1.29 is 0 Å². The van der Waals surface area contributed by atoms with E-state index in [9.17, 15) is 5.26 Å². The fourth-order valence-corrected chi connectivity index (χ4v) is 5.53. The Morgan fingerprint density at radius 2 is 1.39 bits per heavy atom. The van der Waals surface area contributed by atoms with Gasteiger partial charge in [0.15, 0.2) is 0 Å². The normalized spacial score (nSPS) is 11.2. The maximum absolute atomic E-state index is 9.21. The van der Waals surface area contributed by atoms with Gasteiger partial charge in [-0.05, 0) is 63.4 Å². The predicted molar refractivity (Wildman–Crippen MR) is 130 cm³/mol. The van der Waals surface area contributed by atoms with Crippen molar-refractivity contribution in [2.75, 3.05) is 0 Å². The largest absolute Gasteiger partial charge is 0.246 e. The van der Waals surface area contributed by atoms with Crippen LogP contribution in [0.3, 0.4) is 0 Å². The number of aromatic nitrogens is 1. The molecule has 0 saturated carbocycles. The fraction of sp³-hybridized carbons (Fsp3) is 0. The maximum atomic E-state index is 9.21. The molecule has 31 heavy (non-hydrogen) atoms. The van der Waals surface area contributed by atoms with Gasteiger partial charge >= 0.3 is 0 Å². The van der Waals surface area contributed by atoms with E-state index in [4.69, 9.17) is 0 Å². The molecule has 2 aromatic heterocycles. The quantitative estimate of drug-likeness (QED) is 0.291. The van der Waals surface area contributed by atoms with Crippen LogP contribution < -0.4 is 0 Å². The summed E-state index contributed by atoms with van der Waals surface area (Å²) in [6.45, 7) is 0. The van der Waals surface area contributed by atoms with E-state index < -0.39 is 0 Å². The zero-order chi connectivity index (χ0) is 20.8. The third-order valence-electron chi connectivity index (χ3n) is 5.77. The molecule has 0 atom stereocenters. The van der Waals surface area contributed by atoms with Crippen LogP contribution in [0.4, 0.5) is 0 Å². The molecule has 0 fully saturated rings. The van der Waals surface area contributed by atoms with Crippen LogP contribution in [0, 0.1) is 11.3 Å². The number of benzene rings is 4. The summed E-state index contributed by atoms with van der Waals surface area (Å²) in [5, 5.41) is 14.4. The van der Waals surface area contributed by atoms with Crippen molar-refractivity contribution in [2.45, 2.75) is 0 Å². The van der Waals surface area contributed by atoms with Gasteiger partial charge in [-0.2, -0.15) is 5.26 Å². The van der Waals surface area contributed by atoms with Gasteiger partial charge < -0.3 is 0 Å². The van der Waals surface area contributed by atoms with Crippen molar-refractivity contribution in [3.8, 4) is 28.3 Å². The highest BCUT2D eigenvalue weighted by atomic mass is 32.1. The van der Waals surface area contributed by atoms with E-state index in [1.54, 1.807) is 6.20 Å². The molecule has 4 aromatic carbocycles. The average Bonchev–Trinajstić information content (AvgIpc) is 3.22. The molecule has 0 N–H and O–H groups in total. The molecule has 0 amide bonds. The van der Waals surface area contributed by atoms with Crippen LogP contribution in [0.2, 0.25) is 0 Å². The van der Waals surface area contributed by atoms with E-state index in [0.29, 0.717) is 5.69 Å². The second kappa shape index (κ2) is 7.05. The van der Waals surface area contributed by atoms with Gasteiger partial charge in [-0.25, -0.2) is 4.98 Å². The molecule has 0 bridgehead atoms. The summed E-state index contributed by atoms with van der Waals surface area (Å²) in [5.74, 6) is 0. The number of hydrogen-bond acceptors (Lipinski definition) is 3. The van der Waals surface area contributed by atoms with Crippen LogP contribution in [-0.2, 0) is 0 Å². The molecule has 0 saturated heterocycles. The summed E-state index contributed by atoms with van der Waals surface area (Å²) < 4.78 is 2.62. The zero-order valence-corrected chi connectivity index (χ0v) is 17.4. The Morgan fingerprint density at radius 3 is 2.26 bits per heavy atom. The topological polar surface area (TPSA) is 36.7 Å². The lowest BCUT2D eigenvalue weighted by atomic mass is 9.93. The summed E-state index contributed by atoms with van der Waals surface area (Å²) in [4.78, 5) is 4.10. The number of fused-ring (bicyclic) bond motifs is 5.